The summed E-state index contributed by atoms with van der Waals surface area (Å²) in [6, 6.07) is 14.3. The Labute approximate surface area is 158 Å². The maximum Gasteiger partial charge on any atom is 0.283 e. The fourth-order valence-electron chi connectivity index (χ4n) is 2.37. The number of amides is 1. The van der Waals surface area contributed by atoms with Gasteiger partial charge in [0.15, 0.2) is 0 Å². The van der Waals surface area contributed by atoms with Gasteiger partial charge >= 0.3 is 0 Å². The molecule has 0 fully saturated rings. The van der Waals surface area contributed by atoms with E-state index in [0.717, 1.165) is 16.3 Å². The summed E-state index contributed by atoms with van der Waals surface area (Å²) in [5, 5.41) is 16.6. The Hall–Kier alpha value is -2.71. The van der Waals surface area contributed by atoms with Crippen LogP contribution in [0.1, 0.15) is 15.4 Å². The molecule has 0 spiro atoms. The van der Waals surface area contributed by atoms with Crippen LogP contribution in [0.5, 0.6) is 0 Å². The second-order valence-corrected chi connectivity index (χ2v) is 7.11. The second kappa shape index (κ2) is 8.11. The second-order valence-electron chi connectivity index (χ2n) is 5.32. The standard InChI is InChI=1S/C18H15N3O3S2/c1-25-16-8-7-13(9-15(16)21(23)24)18(22)19-10-17-20-14(11-26-17)12-5-3-2-4-6-12/h2-9,11H,10H2,1H3,(H,19,22). The number of carbonyl (C=O) groups is 1. The molecule has 1 N–H and O–H groups in total. The summed E-state index contributed by atoms with van der Waals surface area (Å²) in [5.41, 5.74) is 2.07. The first-order chi connectivity index (χ1) is 12.6. The van der Waals surface area contributed by atoms with Gasteiger partial charge in [0, 0.05) is 22.6 Å². The predicted octanol–water partition coefficient (Wildman–Crippen LogP) is 4.37. The lowest BCUT2D eigenvalue weighted by atomic mass is 10.2. The smallest absolute Gasteiger partial charge is 0.283 e. The highest BCUT2D eigenvalue weighted by Gasteiger charge is 2.17. The number of rotatable bonds is 6. The molecule has 1 amide bonds. The van der Waals surface area contributed by atoms with Crippen LogP contribution < -0.4 is 5.32 Å². The largest absolute Gasteiger partial charge is 0.346 e. The first kappa shape index (κ1) is 18.1. The van der Waals surface area contributed by atoms with Crippen LogP contribution in [0.4, 0.5) is 5.69 Å². The first-order valence-corrected chi connectivity index (χ1v) is 9.79. The summed E-state index contributed by atoms with van der Waals surface area (Å²) < 4.78 is 0. The molecule has 0 bridgehead atoms. The minimum Gasteiger partial charge on any atom is -0.346 e. The predicted molar refractivity (Wildman–Crippen MR) is 104 cm³/mol. The summed E-state index contributed by atoms with van der Waals surface area (Å²) in [5.74, 6) is -0.364. The summed E-state index contributed by atoms with van der Waals surface area (Å²) in [4.78, 5) is 28.0. The molecule has 26 heavy (non-hydrogen) atoms. The van der Waals surface area contributed by atoms with Crippen molar-refractivity contribution < 1.29 is 9.72 Å². The summed E-state index contributed by atoms with van der Waals surface area (Å²) in [6.07, 6.45) is 1.76. The van der Waals surface area contributed by atoms with E-state index in [-0.39, 0.29) is 23.7 Å². The number of thiazole rings is 1. The van der Waals surface area contributed by atoms with Crippen molar-refractivity contribution in [1.82, 2.24) is 10.3 Å². The van der Waals surface area contributed by atoms with Crippen LogP contribution in [0, 0.1) is 10.1 Å². The molecular weight excluding hydrogens is 370 g/mol. The summed E-state index contributed by atoms with van der Waals surface area (Å²) in [7, 11) is 0. The lowest BCUT2D eigenvalue weighted by molar-refractivity contribution is -0.387. The lowest BCUT2D eigenvalue weighted by Crippen LogP contribution is -2.22. The van der Waals surface area contributed by atoms with Crippen LogP contribution in [0.15, 0.2) is 58.8 Å². The quantitative estimate of drug-likeness (QED) is 0.387. The molecule has 3 aromatic rings. The van der Waals surface area contributed by atoms with Gasteiger partial charge in [-0.3, -0.25) is 14.9 Å². The average Bonchev–Trinajstić information content (AvgIpc) is 3.15. The van der Waals surface area contributed by atoms with E-state index in [1.807, 2.05) is 35.7 Å². The van der Waals surface area contributed by atoms with Gasteiger partial charge in [-0.1, -0.05) is 30.3 Å². The van der Waals surface area contributed by atoms with Crippen molar-refractivity contribution in [2.45, 2.75) is 11.4 Å². The Bertz CT molecular complexity index is 942. The van der Waals surface area contributed by atoms with Gasteiger partial charge in [0.1, 0.15) is 5.01 Å². The molecule has 0 radical (unpaired) electrons. The van der Waals surface area contributed by atoms with Crippen molar-refractivity contribution >= 4 is 34.7 Å². The molecule has 0 aliphatic carbocycles. The fourth-order valence-corrected chi connectivity index (χ4v) is 3.66. The fraction of sp³-hybridized carbons (Fsp3) is 0.111. The molecule has 2 aromatic carbocycles. The van der Waals surface area contributed by atoms with Gasteiger partial charge in [-0.05, 0) is 18.4 Å². The molecule has 0 aliphatic heterocycles. The minimum atomic E-state index is -0.477. The van der Waals surface area contributed by atoms with Crippen molar-refractivity contribution in [3.05, 3.63) is 74.6 Å². The molecule has 6 nitrogen and oxygen atoms in total. The van der Waals surface area contributed by atoms with E-state index in [1.54, 1.807) is 18.4 Å². The number of carbonyl (C=O) groups excluding carboxylic acids is 1. The number of hydrogen-bond acceptors (Lipinski definition) is 6. The zero-order valence-electron chi connectivity index (χ0n) is 13.8. The van der Waals surface area contributed by atoms with E-state index < -0.39 is 4.92 Å². The highest BCUT2D eigenvalue weighted by atomic mass is 32.2. The highest BCUT2D eigenvalue weighted by molar-refractivity contribution is 7.98. The van der Waals surface area contributed by atoms with Crippen LogP contribution >= 0.6 is 23.1 Å². The van der Waals surface area contributed by atoms with Crippen molar-refractivity contribution in [2.75, 3.05) is 6.26 Å². The maximum atomic E-state index is 12.3. The van der Waals surface area contributed by atoms with E-state index in [1.165, 1.54) is 29.2 Å². The van der Waals surface area contributed by atoms with Gasteiger partial charge in [0.05, 0.1) is 22.1 Å². The van der Waals surface area contributed by atoms with Crippen molar-refractivity contribution in [3.63, 3.8) is 0 Å². The summed E-state index contributed by atoms with van der Waals surface area (Å²) in [6.45, 7) is 0.272. The highest BCUT2D eigenvalue weighted by Crippen LogP contribution is 2.28. The molecular formula is C18H15N3O3S2. The first-order valence-electron chi connectivity index (χ1n) is 7.69. The van der Waals surface area contributed by atoms with E-state index in [0.29, 0.717) is 4.90 Å². The van der Waals surface area contributed by atoms with E-state index in [2.05, 4.69) is 10.3 Å². The van der Waals surface area contributed by atoms with Gasteiger partial charge in [-0.25, -0.2) is 4.98 Å². The Balaban J connectivity index is 1.69. The van der Waals surface area contributed by atoms with Crippen molar-refractivity contribution in [3.8, 4) is 11.3 Å². The van der Waals surface area contributed by atoms with Crippen LogP contribution in [0.2, 0.25) is 0 Å². The molecule has 0 saturated carbocycles. The lowest BCUT2D eigenvalue weighted by Gasteiger charge is -2.05. The SMILES string of the molecule is CSc1ccc(C(=O)NCc2nc(-c3ccccc3)cs2)cc1[N+](=O)[O-]. The molecule has 1 heterocycles. The molecule has 0 aliphatic rings. The average molecular weight is 385 g/mol. The third-order valence-electron chi connectivity index (χ3n) is 3.66. The number of nitro benzene ring substituents is 1. The minimum absolute atomic E-state index is 0.0641. The number of thioether (sulfide) groups is 1. The molecule has 3 rings (SSSR count). The molecule has 0 unspecified atom stereocenters. The molecule has 8 heteroatoms. The zero-order chi connectivity index (χ0) is 18.5. The number of aromatic nitrogens is 1. The molecule has 0 atom stereocenters. The normalized spacial score (nSPS) is 10.5. The maximum absolute atomic E-state index is 12.3. The van der Waals surface area contributed by atoms with Crippen LogP contribution in [-0.4, -0.2) is 22.1 Å². The molecule has 0 saturated heterocycles. The molecule has 1 aromatic heterocycles. The monoisotopic (exact) mass is 385 g/mol. The van der Waals surface area contributed by atoms with Gasteiger partial charge in [-0.15, -0.1) is 23.1 Å². The Morgan fingerprint density at radius 1 is 1.27 bits per heavy atom. The van der Waals surface area contributed by atoms with Crippen molar-refractivity contribution in [1.29, 1.82) is 0 Å². The van der Waals surface area contributed by atoms with E-state index in [9.17, 15) is 14.9 Å². The van der Waals surface area contributed by atoms with Gasteiger partial charge < -0.3 is 5.32 Å². The summed E-state index contributed by atoms with van der Waals surface area (Å²) >= 11 is 2.73. The van der Waals surface area contributed by atoms with Gasteiger partial charge in [0.2, 0.25) is 0 Å². The van der Waals surface area contributed by atoms with Gasteiger partial charge in [-0.2, -0.15) is 0 Å². The van der Waals surface area contributed by atoms with E-state index in [4.69, 9.17) is 0 Å². The van der Waals surface area contributed by atoms with Crippen molar-refractivity contribution in [2.24, 2.45) is 0 Å². The van der Waals surface area contributed by atoms with Crippen LogP contribution in [0.3, 0.4) is 0 Å². The van der Waals surface area contributed by atoms with Gasteiger partial charge in [0.25, 0.3) is 11.6 Å². The zero-order valence-corrected chi connectivity index (χ0v) is 15.5. The Morgan fingerprint density at radius 3 is 2.73 bits per heavy atom. The number of nitrogens with zero attached hydrogens (tertiary/aromatic N) is 2. The molecule has 132 valence electrons. The van der Waals surface area contributed by atoms with Crippen LogP contribution in [-0.2, 0) is 6.54 Å². The number of benzene rings is 2. The third kappa shape index (κ3) is 4.09. The van der Waals surface area contributed by atoms with Crippen LogP contribution in [0.25, 0.3) is 11.3 Å². The third-order valence-corrected chi connectivity index (χ3v) is 5.29. The Morgan fingerprint density at radius 2 is 2.04 bits per heavy atom. The number of hydrogen-bond donors (Lipinski definition) is 1. The van der Waals surface area contributed by atoms with E-state index >= 15 is 0 Å². The topological polar surface area (TPSA) is 85.1 Å². The number of nitrogens with one attached hydrogen (secondary N) is 1. The Kier molecular flexibility index (Phi) is 5.65. The number of nitro groups is 1.